The summed E-state index contributed by atoms with van der Waals surface area (Å²) in [6, 6.07) is 0. The Hall–Kier alpha value is 0.870. The largest absolute Gasteiger partial charge is 0.335 e. The maximum absolute atomic E-state index is 2.00. The van der Waals surface area contributed by atoms with Crippen molar-refractivity contribution in [3.05, 3.63) is 6.42 Å². The zero-order chi connectivity index (χ0) is 2.71. The van der Waals surface area contributed by atoms with Crippen molar-refractivity contribution in [2.24, 2.45) is 0 Å². The molecular formula is C3H7Hf-. The third kappa shape index (κ3) is 13.3. The van der Waals surface area contributed by atoms with Gasteiger partial charge in [-0.1, -0.05) is 0 Å². The minimum absolute atomic E-state index is 0. The average Bonchev–Trinajstić information content (AvgIpc) is 0.918. The van der Waals surface area contributed by atoms with Crippen LogP contribution in [0.1, 0.15) is 13.8 Å². The standard InChI is InChI=1S/C3H7.Hf/c1-3-2;/h3H,1-2H3;/q-1;. The van der Waals surface area contributed by atoms with Gasteiger partial charge >= 0.3 is 0 Å². The first-order valence-electron chi connectivity index (χ1n) is 1.15. The Morgan fingerprint density at radius 2 is 1.25 bits per heavy atom. The molecule has 0 N–H and O–H groups in total. The molecule has 0 aromatic rings. The Morgan fingerprint density at radius 3 is 1.25 bits per heavy atom. The van der Waals surface area contributed by atoms with Gasteiger partial charge in [-0.2, -0.15) is 13.8 Å². The summed E-state index contributed by atoms with van der Waals surface area (Å²) in [4.78, 5) is 0. The second-order valence-corrected chi connectivity index (χ2v) is 0.577. The summed E-state index contributed by atoms with van der Waals surface area (Å²) >= 11 is 0. The summed E-state index contributed by atoms with van der Waals surface area (Å²) < 4.78 is 0. The quantitative estimate of drug-likeness (QED) is 0.426. The first-order valence-corrected chi connectivity index (χ1v) is 1.15. The van der Waals surface area contributed by atoms with Crippen LogP contribution in [-0.4, -0.2) is 0 Å². The molecule has 0 amide bonds. The molecule has 0 radical (unpaired) electrons. The van der Waals surface area contributed by atoms with Gasteiger partial charge < -0.3 is 6.42 Å². The van der Waals surface area contributed by atoms with Gasteiger partial charge in [0.2, 0.25) is 0 Å². The molecule has 0 aliphatic heterocycles. The van der Waals surface area contributed by atoms with Crippen molar-refractivity contribution in [3.8, 4) is 0 Å². The molecule has 1 heteroatoms. The van der Waals surface area contributed by atoms with Crippen molar-refractivity contribution < 1.29 is 25.8 Å². The maximum atomic E-state index is 2.00. The molecule has 0 aliphatic carbocycles. The van der Waals surface area contributed by atoms with Gasteiger partial charge in [-0.15, -0.1) is 0 Å². The minimum atomic E-state index is 0. The summed E-state index contributed by atoms with van der Waals surface area (Å²) in [7, 11) is 0. The SMILES string of the molecule is C[CH-]C.[Hf]. The van der Waals surface area contributed by atoms with E-state index < -0.39 is 0 Å². The van der Waals surface area contributed by atoms with E-state index in [0.717, 1.165) is 0 Å². The van der Waals surface area contributed by atoms with Crippen LogP contribution in [0, 0.1) is 6.42 Å². The molecule has 0 saturated carbocycles. The normalized spacial score (nSPS) is 4.50. The fourth-order valence-electron chi connectivity index (χ4n) is 0. The van der Waals surface area contributed by atoms with Crippen LogP contribution < -0.4 is 0 Å². The van der Waals surface area contributed by atoms with Gasteiger partial charge in [0.15, 0.2) is 0 Å². The van der Waals surface area contributed by atoms with Gasteiger partial charge in [-0.25, -0.2) is 0 Å². The van der Waals surface area contributed by atoms with Crippen LogP contribution in [0.3, 0.4) is 0 Å². The van der Waals surface area contributed by atoms with Gasteiger partial charge in [-0.05, 0) is 0 Å². The molecule has 0 bridgehead atoms. The van der Waals surface area contributed by atoms with E-state index in [9.17, 15) is 0 Å². The van der Waals surface area contributed by atoms with Crippen molar-refractivity contribution in [1.82, 2.24) is 0 Å². The van der Waals surface area contributed by atoms with Gasteiger partial charge in [0.1, 0.15) is 0 Å². The minimum Gasteiger partial charge on any atom is -0.335 e. The molecule has 4 heavy (non-hydrogen) atoms. The molecule has 0 aromatic carbocycles. The fourth-order valence-corrected chi connectivity index (χ4v) is 0. The third-order valence-corrected chi connectivity index (χ3v) is 0. The van der Waals surface area contributed by atoms with E-state index in [1.54, 1.807) is 0 Å². The molecule has 0 aliphatic rings. The second kappa shape index (κ2) is 9.12. The van der Waals surface area contributed by atoms with Crippen LogP contribution >= 0.6 is 0 Å². The molecule has 0 spiro atoms. The van der Waals surface area contributed by atoms with Crippen molar-refractivity contribution in [1.29, 1.82) is 0 Å². The van der Waals surface area contributed by atoms with Gasteiger partial charge in [-0.3, -0.25) is 0 Å². The topological polar surface area (TPSA) is 0 Å². The zero-order valence-corrected chi connectivity index (χ0v) is 6.67. The molecule has 0 saturated heterocycles. The molecule has 0 atom stereocenters. The number of hydrogen-bond acceptors (Lipinski definition) is 0. The van der Waals surface area contributed by atoms with Crippen molar-refractivity contribution >= 4 is 0 Å². The predicted octanol–water partition coefficient (Wildman–Crippen LogP) is 1.23. The summed E-state index contributed by atoms with van der Waals surface area (Å²) in [6.45, 7) is 4.00. The third-order valence-electron chi connectivity index (χ3n) is 0. The Bertz CT molecular complexity index is 3.25. The smallest absolute Gasteiger partial charge is 0 e. The van der Waals surface area contributed by atoms with E-state index in [2.05, 4.69) is 0 Å². The van der Waals surface area contributed by atoms with Gasteiger partial charge in [0.05, 0.1) is 0 Å². The summed E-state index contributed by atoms with van der Waals surface area (Å²) in [5, 5.41) is 0. The zero-order valence-electron chi connectivity index (χ0n) is 3.08. The van der Waals surface area contributed by atoms with Crippen LogP contribution in [0.5, 0.6) is 0 Å². The van der Waals surface area contributed by atoms with Crippen LogP contribution in [-0.2, 0) is 25.8 Å². The van der Waals surface area contributed by atoms with E-state index in [-0.39, 0.29) is 25.8 Å². The van der Waals surface area contributed by atoms with E-state index in [4.69, 9.17) is 0 Å². The van der Waals surface area contributed by atoms with E-state index in [0.29, 0.717) is 0 Å². The van der Waals surface area contributed by atoms with Gasteiger partial charge in [0.25, 0.3) is 0 Å². The van der Waals surface area contributed by atoms with Crippen molar-refractivity contribution in [2.75, 3.05) is 0 Å². The molecule has 0 heterocycles. The summed E-state index contributed by atoms with van der Waals surface area (Å²) in [5.41, 5.74) is 0. The average molecular weight is 222 g/mol. The molecule has 0 rings (SSSR count). The fraction of sp³-hybridized carbons (Fsp3) is 0.667. The molecule has 0 unspecified atom stereocenters. The van der Waals surface area contributed by atoms with Crippen molar-refractivity contribution in [2.45, 2.75) is 13.8 Å². The van der Waals surface area contributed by atoms with Crippen LogP contribution in [0.4, 0.5) is 0 Å². The monoisotopic (exact) mass is 223 g/mol. The van der Waals surface area contributed by atoms with E-state index in [1.165, 1.54) is 0 Å². The second-order valence-electron chi connectivity index (χ2n) is 0.577. The summed E-state index contributed by atoms with van der Waals surface area (Å²) in [5.74, 6) is 0. The molecule has 0 fully saturated rings. The number of rotatable bonds is 0. The molecule has 0 aromatic heterocycles. The Labute approximate surface area is 46.4 Å². The number of hydrogen-bond donors (Lipinski definition) is 0. The van der Waals surface area contributed by atoms with Crippen LogP contribution in [0.25, 0.3) is 0 Å². The van der Waals surface area contributed by atoms with E-state index in [1.807, 2.05) is 20.3 Å². The predicted molar refractivity (Wildman–Crippen MR) is 15.6 cm³/mol. The maximum Gasteiger partial charge on any atom is 0 e. The molecule has 24 valence electrons. The first kappa shape index (κ1) is 8.85. The first-order chi connectivity index (χ1) is 1.41. The Morgan fingerprint density at radius 1 is 1.25 bits per heavy atom. The molecular weight excluding hydrogens is 215 g/mol. The Kier molecular flexibility index (Phi) is 20.2. The van der Waals surface area contributed by atoms with Crippen LogP contribution in [0.15, 0.2) is 0 Å². The van der Waals surface area contributed by atoms with Crippen molar-refractivity contribution in [3.63, 3.8) is 0 Å². The molecule has 0 nitrogen and oxygen atoms in total. The summed E-state index contributed by atoms with van der Waals surface area (Å²) in [6.07, 6.45) is 2.00. The Balaban J connectivity index is 0. The van der Waals surface area contributed by atoms with E-state index >= 15 is 0 Å². The van der Waals surface area contributed by atoms with Gasteiger partial charge in [0, 0.05) is 25.8 Å². The van der Waals surface area contributed by atoms with Crippen LogP contribution in [0.2, 0.25) is 0 Å².